The second-order valence-corrected chi connectivity index (χ2v) is 8.53. The summed E-state index contributed by atoms with van der Waals surface area (Å²) in [5, 5.41) is 22.5. The minimum Gasteiger partial charge on any atom is -0.476 e. The molecule has 0 bridgehead atoms. The Hall–Kier alpha value is -3.27. The number of carbonyl (C=O) groups excluding carboxylic acids is 1. The lowest BCUT2D eigenvalue weighted by Crippen LogP contribution is -2.27. The molecular weight excluding hydrogens is 410 g/mol. The van der Waals surface area contributed by atoms with E-state index in [1.54, 1.807) is 26.4 Å². The van der Waals surface area contributed by atoms with Gasteiger partial charge in [0.1, 0.15) is 5.69 Å². The summed E-state index contributed by atoms with van der Waals surface area (Å²) >= 11 is 0. The van der Waals surface area contributed by atoms with Gasteiger partial charge in [0.25, 0.3) is 5.91 Å². The first-order valence-electron chi connectivity index (χ1n) is 10.8. The van der Waals surface area contributed by atoms with Crippen molar-refractivity contribution in [1.29, 1.82) is 0 Å². The number of ether oxygens (including phenoxy) is 2. The molecule has 1 amide bonds. The monoisotopic (exact) mass is 439 g/mol. The summed E-state index contributed by atoms with van der Waals surface area (Å²) in [6.07, 6.45) is 3.69. The Morgan fingerprint density at radius 2 is 2.16 bits per heavy atom. The Bertz CT molecular complexity index is 1070. The van der Waals surface area contributed by atoms with Crippen LogP contribution in [0.3, 0.4) is 0 Å². The van der Waals surface area contributed by atoms with Crippen LogP contribution in [0.4, 0.5) is 5.82 Å². The molecule has 1 aliphatic carbocycles. The molecule has 3 aromatic rings. The maximum Gasteiger partial charge on any atom is 0.275 e. The number of hydrogen-bond donors (Lipinski definition) is 2. The van der Waals surface area contributed by atoms with Crippen LogP contribution in [0.15, 0.2) is 24.4 Å². The van der Waals surface area contributed by atoms with Gasteiger partial charge in [0.15, 0.2) is 5.82 Å². The van der Waals surface area contributed by atoms with Crippen LogP contribution in [0.1, 0.15) is 66.0 Å². The van der Waals surface area contributed by atoms with E-state index in [2.05, 4.69) is 44.7 Å². The summed E-state index contributed by atoms with van der Waals surface area (Å²) in [5.41, 5.74) is 3.25. The van der Waals surface area contributed by atoms with Crippen LogP contribution in [0.25, 0.3) is 0 Å². The van der Waals surface area contributed by atoms with Crippen LogP contribution in [-0.2, 0) is 18.4 Å². The van der Waals surface area contributed by atoms with Gasteiger partial charge >= 0.3 is 0 Å². The van der Waals surface area contributed by atoms with Gasteiger partial charge in [0.05, 0.1) is 25.1 Å². The Labute approximate surface area is 186 Å². The predicted octanol–water partition coefficient (Wildman–Crippen LogP) is 3.03. The van der Waals surface area contributed by atoms with Crippen molar-refractivity contribution in [3.63, 3.8) is 0 Å². The van der Waals surface area contributed by atoms with E-state index in [-0.39, 0.29) is 5.91 Å². The number of aromatic nitrogens is 6. The largest absolute Gasteiger partial charge is 0.476 e. The Morgan fingerprint density at radius 3 is 2.91 bits per heavy atom. The molecule has 4 rings (SSSR count). The average molecular weight is 440 g/mol. The van der Waals surface area contributed by atoms with Gasteiger partial charge in [-0.25, -0.2) is 0 Å². The molecule has 10 nitrogen and oxygen atoms in total. The third kappa shape index (κ3) is 4.80. The van der Waals surface area contributed by atoms with Gasteiger partial charge in [0, 0.05) is 37.4 Å². The topological polar surface area (TPSA) is 120 Å². The zero-order valence-electron chi connectivity index (χ0n) is 18.8. The molecule has 0 saturated heterocycles. The average Bonchev–Trinajstić information content (AvgIpc) is 3.33. The fourth-order valence-electron chi connectivity index (χ4n) is 3.95. The lowest BCUT2D eigenvalue weighted by atomic mass is 9.74. The fraction of sp³-hybridized carbons (Fsp3) is 0.500. The Morgan fingerprint density at radius 1 is 1.34 bits per heavy atom. The van der Waals surface area contributed by atoms with E-state index in [0.29, 0.717) is 54.1 Å². The zero-order chi connectivity index (χ0) is 22.7. The van der Waals surface area contributed by atoms with E-state index in [4.69, 9.17) is 9.47 Å². The zero-order valence-corrected chi connectivity index (χ0v) is 18.8. The Balaban J connectivity index is 1.28. The van der Waals surface area contributed by atoms with Crippen molar-refractivity contribution in [2.45, 2.75) is 45.1 Å². The van der Waals surface area contributed by atoms with E-state index < -0.39 is 0 Å². The molecule has 32 heavy (non-hydrogen) atoms. The molecule has 0 radical (unpaired) electrons. The number of aryl methyl sites for hydroxylation is 1. The summed E-state index contributed by atoms with van der Waals surface area (Å²) in [5.74, 6) is 2.04. The summed E-state index contributed by atoms with van der Waals surface area (Å²) in [6, 6.07) is 5.57. The van der Waals surface area contributed by atoms with Gasteiger partial charge in [-0.1, -0.05) is 13.8 Å². The molecule has 1 aliphatic rings. The minimum absolute atomic E-state index is 0.259. The molecule has 0 aromatic carbocycles. The molecular formula is C22H29N7O3. The highest BCUT2D eigenvalue weighted by atomic mass is 16.5. The van der Waals surface area contributed by atoms with Crippen molar-refractivity contribution < 1.29 is 14.3 Å². The van der Waals surface area contributed by atoms with E-state index >= 15 is 0 Å². The van der Waals surface area contributed by atoms with Gasteiger partial charge in [-0.2, -0.15) is 15.3 Å². The standard InChI is InChI=1S/C22H29N7O3/c1-13(2)17-5-6-23-27-22(17)32-11-14-7-15(8-14)18-10-20(26-25-18)24-21(30)19-9-16(12-31-4)28-29(19)3/h5-6,9-10,13-15H,7-8,11-12H2,1-4H3,(H2,24,25,26,30). The normalized spacial score (nSPS) is 17.9. The van der Waals surface area contributed by atoms with Crippen LogP contribution in [0.5, 0.6) is 5.88 Å². The highest BCUT2D eigenvalue weighted by Crippen LogP contribution is 2.41. The SMILES string of the molecule is COCc1cc(C(=O)Nc2cc(C3CC(COc4nnccc4C(C)C)C3)[nH]n2)n(C)n1. The van der Waals surface area contributed by atoms with Gasteiger partial charge in [-0.15, -0.1) is 5.10 Å². The maximum atomic E-state index is 12.6. The third-order valence-electron chi connectivity index (χ3n) is 5.76. The van der Waals surface area contributed by atoms with E-state index in [9.17, 15) is 4.79 Å². The number of methoxy groups -OCH3 is 1. The van der Waals surface area contributed by atoms with Gasteiger partial charge in [-0.05, 0) is 36.8 Å². The number of carbonyl (C=O) groups is 1. The molecule has 3 heterocycles. The Kier molecular flexibility index (Phi) is 6.50. The van der Waals surface area contributed by atoms with E-state index in [0.717, 1.165) is 24.1 Å². The number of aromatic amines is 1. The third-order valence-corrected chi connectivity index (χ3v) is 5.76. The number of nitrogens with zero attached hydrogens (tertiary/aromatic N) is 5. The summed E-state index contributed by atoms with van der Waals surface area (Å²) in [7, 11) is 3.32. The smallest absolute Gasteiger partial charge is 0.275 e. The molecule has 0 aliphatic heterocycles. The van der Waals surface area contributed by atoms with Gasteiger partial charge in [0.2, 0.25) is 5.88 Å². The van der Waals surface area contributed by atoms with Crippen molar-refractivity contribution in [2.75, 3.05) is 19.0 Å². The van der Waals surface area contributed by atoms with Crippen molar-refractivity contribution >= 4 is 11.7 Å². The molecule has 170 valence electrons. The second-order valence-electron chi connectivity index (χ2n) is 8.53. The van der Waals surface area contributed by atoms with Crippen molar-refractivity contribution in [3.8, 4) is 5.88 Å². The number of anilines is 1. The number of nitrogens with one attached hydrogen (secondary N) is 2. The van der Waals surface area contributed by atoms with E-state index in [1.807, 2.05) is 12.1 Å². The first kappa shape index (κ1) is 21.9. The highest BCUT2D eigenvalue weighted by molar-refractivity contribution is 6.02. The first-order chi connectivity index (χ1) is 15.4. The highest BCUT2D eigenvalue weighted by Gasteiger charge is 2.32. The summed E-state index contributed by atoms with van der Waals surface area (Å²) in [6.45, 7) is 5.21. The van der Waals surface area contributed by atoms with Crippen LogP contribution < -0.4 is 10.1 Å². The van der Waals surface area contributed by atoms with Crippen molar-refractivity contribution in [1.82, 2.24) is 30.2 Å². The number of H-pyrrole nitrogens is 1. The number of amides is 1. The van der Waals surface area contributed by atoms with Crippen LogP contribution in [-0.4, -0.2) is 49.8 Å². The lowest BCUT2D eigenvalue weighted by molar-refractivity contribution is 0.101. The molecule has 0 unspecified atom stereocenters. The molecule has 2 N–H and O–H groups in total. The van der Waals surface area contributed by atoms with Crippen molar-refractivity contribution in [2.24, 2.45) is 13.0 Å². The summed E-state index contributed by atoms with van der Waals surface area (Å²) in [4.78, 5) is 12.6. The van der Waals surface area contributed by atoms with Gasteiger partial charge < -0.3 is 14.8 Å². The molecule has 0 atom stereocenters. The summed E-state index contributed by atoms with van der Waals surface area (Å²) < 4.78 is 12.6. The minimum atomic E-state index is -0.259. The molecule has 0 spiro atoms. The first-order valence-corrected chi connectivity index (χ1v) is 10.8. The lowest BCUT2D eigenvalue weighted by Gasteiger charge is -2.34. The predicted molar refractivity (Wildman–Crippen MR) is 118 cm³/mol. The fourth-order valence-corrected chi connectivity index (χ4v) is 3.95. The molecule has 1 fully saturated rings. The molecule has 3 aromatic heterocycles. The maximum absolute atomic E-state index is 12.6. The number of hydrogen-bond acceptors (Lipinski definition) is 7. The van der Waals surface area contributed by atoms with Crippen LogP contribution >= 0.6 is 0 Å². The quantitative estimate of drug-likeness (QED) is 0.526. The van der Waals surface area contributed by atoms with Crippen LogP contribution in [0.2, 0.25) is 0 Å². The van der Waals surface area contributed by atoms with E-state index in [1.165, 1.54) is 4.68 Å². The molecule has 10 heteroatoms. The van der Waals surface area contributed by atoms with Crippen LogP contribution in [0, 0.1) is 5.92 Å². The van der Waals surface area contributed by atoms with Gasteiger partial charge in [-0.3, -0.25) is 14.6 Å². The molecule has 1 saturated carbocycles. The number of rotatable bonds is 9. The van der Waals surface area contributed by atoms with Crippen molar-refractivity contribution in [3.05, 3.63) is 47.0 Å². The second kappa shape index (κ2) is 9.47.